The number of imidazole rings is 1. The minimum Gasteiger partial charge on any atom is -0.495 e. The number of aromatic nitrogens is 2. The summed E-state index contributed by atoms with van der Waals surface area (Å²) in [4.78, 5) is 3.12. The highest BCUT2D eigenvalue weighted by Crippen LogP contribution is 2.28. The first-order valence-electron chi connectivity index (χ1n) is 6.13. The van der Waals surface area contributed by atoms with Gasteiger partial charge in [0, 0.05) is 0 Å². The molecule has 0 aliphatic rings. The van der Waals surface area contributed by atoms with Crippen LogP contribution in [0.5, 0.6) is 5.75 Å². The molecule has 1 heterocycles. The van der Waals surface area contributed by atoms with E-state index in [-0.39, 0.29) is 0 Å². The Morgan fingerprint density at radius 2 is 2.10 bits per heavy atom. The molecule has 2 aromatic carbocycles. The number of H-pyrrole nitrogens is 1. The number of aromatic amines is 1. The molecule has 21 heavy (non-hydrogen) atoms. The molecular formula is C15H10ClN3OS. The van der Waals surface area contributed by atoms with E-state index in [2.05, 4.69) is 11.1 Å². The van der Waals surface area contributed by atoms with Crippen LogP contribution in [0.4, 0.5) is 0 Å². The molecule has 0 saturated carbocycles. The topological polar surface area (TPSA) is 53.7 Å². The monoisotopic (exact) mass is 315 g/mol. The van der Waals surface area contributed by atoms with E-state index in [1.165, 1.54) is 0 Å². The SMILES string of the molecule is COc1ccc(-n2c(=S)[nH]c3ccc(C#N)cc32)cc1Cl. The lowest BCUT2D eigenvalue weighted by Crippen LogP contribution is -1.95. The van der Waals surface area contributed by atoms with Crippen molar-refractivity contribution in [2.45, 2.75) is 0 Å². The number of halogens is 1. The molecule has 0 fully saturated rings. The van der Waals surface area contributed by atoms with Crippen LogP contribution in [0, 0.1) is 16.1 Å². The van der Waals surface area contributed by atoms with E-state index in [0.717, 1.165) is 16.7 Å². The average molecular weight is 316 g/mol. The van der Waals surface area contributed by atoms with Gasteiger partial charge in [-0.1, -0.05) is 11.6 Å². The molecule has 1 N–H and O–H groups in total. The van der Waals surface area contributed by atoms with Crippen molar-refractivity contribution in [2.24, 2.45) is 0 Å². The lowest BCUT2D eigenvalue weighted by molar-refractivity contribution is 0.415. The van der Waals surface area contributed by atoms with Gasteiger partial charge in [0.2, 0.25) is 0 Å². The van der Waals surface area contributed by atoms with Gasteiger partial charge >= 0.3 is 0 Å². The third kappa shape index (κ3) is 2.29. The molecule has 3 aromatic rings. The fourth-order valence-electron chi connectivity index (χ4n) is 2.22. The fourth-order valence-corrected chi connectivity index (χ4v) is 2.79. The van der Waals surface area contributed by atoms with Crippen LogP contribution in [0.1, 0.15) is 5.56 Å². The Morgan fingerprint density at radius 3 is 2.76 bits per heavy atom. The predicted molar refractivity (Wildman–Crippen MR) is 84.7 cm³/mol. The van der Waals surface area contributed by atoms with Crippen molar-refractivity contribution in [3.8, 4) is 17.5 Å². The number of nitrogens with one attached hydrogen (secondary N) is 1. The molecule has 6 heteroatoms. The largest absolute Gasteiger partial charge is 0.495 e. The number of hydrogen-bond donors (Lipinski definition) is 1. The second-order valence-electron chi connectivity index (χ2n) is 4.43. The number of ether oxygens (including phenoxy) is 1. The zero-order valence-corrected chi connectivity index (χ0v) is 12.6. The molecule has 0 saturated heterocycles. The normalized spacial score (nSPS) is 10.5. The van der Waals surface area contributed by atoms with Crippen LogP contribution >= 0.6 is 23.8 Å². The van der Waals surface area contributed by atoms with Crippen molar-refractivity contribution in [3.05, 3.63) is 51.8 Å². The number of nitrogens with zero attached hydrogens (tertiary/aromatic N) is 2. The second-order valence-corrected chi connectivity index (χ2v) is 5.22. The van der Waals surface area contributed by atoms with Crippen molar-refractivity contribution in [1.82, 2.24) is 9.55 Å². The van der Waals surface area contributed by atoms with E-state index in [1.54, 1.807) is 31.4 Å². The molecule has 0 unspecified atom stereocenters. The Balaban J connectivity index is 2.29. The summed E-state index contributed by atoms with van der Waals surface area (Å²) in [6.45, 7) is 0. The van der Waals surface area contributed by atoms with E-state index in [1.807, 2.05) is 16.7 Å². The number of methoxy groups -OCH3 is 1. The maximum Gasteiger partial charge on any atom is 0.182 e. The molecule has 1 aromatic heterocycles. The highest BCUT2D eigenvalue weighted by atomic mass is 35.5. The van der Waals surface area contributed by atoms with Gasteiger partial charge in [0.25, 0.3) is 0 Å². The first-order valence-corrected chi connectivity index (χ1v) is 6.91. The molecule has 0 bridgehead atoms. The van der Waals surface area contributed by atoms with Gasteiger partial charge in [0.1, 0.15) is 5.75 Å². The number of fused-ring (bicyclic) bond motifs is 1. The summed E-state index contributed by atoms with van der Waals surface area (Å²) in [7, 11) is 1.57. The first kappa shape index (κ1) is 13.7. The minimum absolute atomic E-state index is 0.502. The molecule has 0 aliphatic carbocycles. The zero-order chi connectivity index (χ0) is 15.0. The highest BCUT2D eigenvalue weighted by molar-refractivity contribution is 7.71. The van der Waals surface area contributed by atoms with E-state index in [9.17, 15) is 0 Å². The van der Waals surface area contributed by atoms with Crippen molar-refractivity contribution in [3.63, 3.8) is 0 Å². The van der Waals surface area contributed by atoms with Crippen LogP contribution < -0.4 is 4.74 Å². The van der Waals surface area contributed by atoms with Crippen LogP contribution in [0.15, 0.2) is 36.4 Å². The molecular weight excluding hydrogens is 306 g/mol. The Morgan fingerprint density at radius 1 is 1.29 bits per heavy atom. The molecule has 3 rings (SSSR count). The molecule has 0 radical (unpaired) electrons. The molecule has 104 valence electrons. The van der Waals surface area contributed by atoms with Gasteiger partial charge in [-0.25, -0.2) is 0 Å². The molecule has 0 aliphatic heterocycles. The summed E-state index contributed by atoms with van der Waals surface area (Å²) in [6.07, 6.45) is 0. The summed E-state index contributed by atoms with van der Waals surface area (Å²) in [5, 5.41) is 9.55. The maximum absolute atomic E-state index is 9.04. The third-order valence-corrected chi connectivity index (χ3v) is 3.79. The third-order valence-electron chi connectivity index (χ3n) is 3.21. The van der Waals surface area contributed by atoms with Gasteiger partial charge in [-0.3, -0.25) is 4.57 Å². The summed E-state index contributed by atoms with van der Waals surface area (Å²) in [6, 6.07) is 12.9. The highest BCUT2D eigenvalue weighted by Gasteiger charge is 2.09. The van der Waals surface area contributed by atoms with E-state index in [4.69, 9.17) is 33.8 Å². The van der Waals surface area contributed by atoms with Gasteiger partial charge in [-0.05, 0) is 48.6 Å². The smallest absolute Gasteiger partial charge is 0.182 e. The number of hydrogen-bond acceptors (Lipinski definition) is 3. The Hall–Kier alpha value is -2.29. The predicted octanol–water partition coefficient (Wildman–Crippen LogP) is 4.22. The van der Waals surface area contributed by atoms with E-state index < -0.39 is 0 Å². The Kier molecular flexibility index (Phi) is 3.42. The molecule has 0 amide bonds. The Bertz CT molecular complexity index is 936. The summed E-state index contributed by atoms with van der Waals surface area (Å²) in [5.74, 6) is 0.601. The second kappa shape index (κ2) is 5.24. The van der Waals surface area contributed by atoms with Crippen LogP contribution in [0.25, 0.3) is 16.7 Å². The standard InChI is InChI=1S/C15H10ClN3OS/c1-20-14-5-3-10(7-11(14)16)19-13-6-9(8-17)2-4-12(13)18-15(19)21/h2-7H,1H3,(H,18,21). The average Bonchev–Trinajstić information content (AvgIpc) is 2.81. The molecule has 4 nitrogen and oxygen atoms in total. The number of benzene rings is 2. The summed E-state index contributed by atoms with van der Waals surface area (Å²) >= 11 is 11.5. The lowest BCUT2D eigenvalue weighted by Gasteiger charge is -2.08. The van der Waals surface area contributed by atoms with Crippen molar-refractivity contribution in [2.75, 3.05) is 7.11 Å². The first-order chi connectivity index (χ1) is 10.1. The number of rotatable bonds is 2. The van der Waals surface area contributed by atoms with Crippen molar-refractivity contribution in [1.29, 1.82) is 5.26 Å². The van der Waals surface area contributed by atoms with Crippen LogP contribution in [-0.4, -0.2) is 16.7 Å². The van der Waals surface area contributed by atoms with Crippen molar-refractivity contribution < 1.29 is 4.74 Å². The summed E-state index contributed by atoms with van der Waals surface area (Å²) < 4.78 is 7.54. The van der Waals surface area contributed by atoms with Gasteiger partial charge in [-0.2, -0.15) is 5.26 Å². The fraction of sp³-hybridized carbons (Fsp3) is 0.0667. The van der Waals surface area contributed by atoms with E-state index >= 15 is 0 Å². The maximum atomic E-state index is 9.04. The van der Waals surface area contributed by atoms with Gasteiger partial charge in [0.05, 0.1) is 40.5 Å². The van der Waals surface area contributed by atoms with Crippen LogP contribution in [-0.2, 0) is 0 Å². The minimum atomic E-state index is 0.502. The Labute approximate surface area is 131 Å². The quantitative estimate of drug-likeness (QED) is 0.720. The van der Waals surface area contributed by atoms with Gasteiger partial charge < -0.3 is 9.72 Å². The lowest BCUT2D eigenvalue weighted by atomic mass is 10.2. The van der Waals surface area contributed by atoms with Crippen molar-refractivity contribution >= 4 is 34.9 Å². The molecule has 0 spiro atoms. The van der Waals surface area contributed by atoms with Crippen LogP contribution in [0.3, 0.4) is 0 Å². The van der Waals surface area contributed by atoms with Gasteiger partial charge in [0.15, 0.2) is 4.77 Å². The number of nitriles is 1. The summed E-state index contributed by atoms with van der Waals surface area (Å²) in [5.41, 5.74) is 3.09. The van der Waals surface area contributed by atoms with Crippen LogP contribution in [0.2, 0.25) is 5.02 Å². The zero-order valence-electron chi connectivity index (χ0n) is 11.1. The van der Waals surface area contributed by atoms with Gasteiger partial charge in [-0.15, -0.1) is 0 Å². The van der Waals surface area contributed by atoms with E-state index in [0.29, 0.717) is 21.1 Å². The molecule has 0 atom stereocenters.